The Kier molecular flexibility index (Phi) is 7.80. The van der Waals surface area contributed by atoms with Crippen LogP contribution in [0.1, 0.15) is 21.5 Å². The first kappa shape index (κ1) is 21.2. The molecule has 1 N–H and O–H groups in total. The normalized spacial score (nSPS) is 10.8. The molecule has 0 fully saturated rings. The minimum Gasteiger partial charge on any atom is -0.487 e. The van der Waals surface area contributed by atoms with Crippen LogP contribution in [0.3, 0.4) is 0 Å². The van der Waals surface area contributed by atoms with Gasteiger partial charge in [0.15, 0.2) is 0 Å². The first-order chi connectivity index (χ1) is 13.5. The van der Waals surface area contributed by atoms with E-state index in [-0.39, 0.29) is 5.91 Å². The predicted molar refractivity (Wildman–Crippen MR) is 130 cm³/mol. The van der Waals surface area contributed by atoms with Crippen LogP contribution in [-0.2, 0) is 6.61 Å². The molecule has 142 valence electrons. The highest BCUT2D eigenvalue weighted by atomic mass is 127. The summed E-state index contributed by atoms with van der Waals surface area (Å²) in [5, 5.41) is 4.03. The number of nitrogens with one attached hydrogen (secondary N) is 1. The van der Waals surface area contributed by atoms with Crippen molar-refractivity contribution in [2.45, 2.75) is 6.61 Å². The monoisotopic (exact) mass is 661 g/mol. The Labute approximate surface area is 198 Å². The van der Waals surface area contributed by atoms with Crippen molar-refractivity contribution in [2.24, 2.45) is 5.10 Å². The van der Waals surface area contributed by atoms with Crippen LogP contribution in [0, 0.1) is 7.14 Å². The van der Waals surface area contributed by atoms with Gasteiger partial charge in [-0.25, -0.2) is 5.43 Å². The molecule has 0 saturated carbocycles. The van der Waals surface area contributed by atoms with Gasteiger partial charge < -0.3 is 4.74 Å². The van der Waals surface area contributed by atoms with E-state index in [1.54, 1.807) is 24.5 Å². The highest BCUT2D eigenvalue weighted by Crippen LogP contribution is 2.29. The number of hydrazone groups is 1. The van der Waals surface area contributed by atoms with Gasteiger partial charge >= 0.3 is 0 Å². The molecule has 0 atom stereocenters. The van der Waals surface area contributed by atoms with Crippen molar-refractivity contribution in [3.05, 3.63) is 89.2 Å². The molecule has 1 heterocycles. The molecular formula is C20H14BrI2N3O2. The van der Waals surface area contributed by atoms with E-state index in [9.17, 15) is 4.79 Å². The average Bonchev–Trinajstić information content (AvgIpc) is 2.69. The summed E-state index contributed by atoms with van der Waals surface area (Å²) in [4.78, 5) is 15.9. The van der Waals surface area contributed by atoms with Crippen molar-refractivity contribution in [2.75, 3.05) is 0 Å². The van der Waals surface area contributed by atoms with Crippen LogP contribution in [0.4, 0.5) is 0 Å². The van der Waals surface area contributed by atoms with E-state index in [0.29, 0.717) is 12.2 Å². The van der Waals surface area contributed by atoms with Crippen molar-refractivity contribution in [3.8, 4) is 5.75 Å². The lowest BCUT2D eigenvalue weighted by Gasteiger charge is -2.11. The van der Waals surface area contributed by atoms with Crippen LogP contribution < -0.4 is 10.2 Å². The van der Waals surface area contributed by atoms with Crippen LogP contribution >= 0.6 is 61.1 Å². The zero-order valence-corrected chi connectivity index (χ0v) is 20.3. The molecule has 0 radical (unpaired) electrons. The fourth-order valence-electron chi connectivity index (χ4n) is 2.26. The Hall–Kier alpha value is -1.53. The van der Waals surface area contributed by atoms with E-state index in [2.05, 4.69) is 76.6 Å². The Morgan fingerprint density at radius 3 is 2.54 bits per heavy atom. The smallest absolute Gasteiger partial charge is 0.272 e. The number of aromatic nitrogens is 1. The molecule has 1 amide bonds. The highest BCUT2D eigenvalue weighted by Gasteiger charge is 2.09. The molecule has 0 unspecified atom stereocenters. The summed E-state index contributed by atoms with van der Waals surface area (Å²) in [5.41, 5.74) is 4.93. The molecule has 2 aromatic carbocycles. The van der Waals surface area contributed by atoms with E-state index in [1.807, 2.05) is 36.4 Å². The molecule has 5 nitrogen and oxygen atoms in total. The Morgan fingerprint density at radius 1 is 1.18 bits per heavy atom. The van der Waals surface area contributed by atoms with Crippen LogP contribution in [0.5, 0.6) is 5.75 Å². The first-order valence-electron chi connectivity index (χ1n) is 8.12. The lowest BCUT2D eigenvalue weighted by Crippen LogP contribution is -2.17. The molecule has 0 bridgehead atoms. The Morgan fingerprint density at radius 2 is 1.89 bits per heavy atom. The third-order valence-corrected chi connectivity index (χ3v) is 5.75. The molecule has 28 heavy (non-hydrogen) atoms. The Bertz CT molecular complexity index is 973. The number of carbonyl (C=O) groups is 1. The van der Waals surface area contributed by atoms with Crippen molar-refractivity contribution in [1.82, 2.24) is 10.4 Å². The molecule has 0 aliphatic heterocycles. The van der Waals surface area contributed by atoms with E-state index in [0.717, 1.165) is 28.5 Å². The standard InChI is InChI=1S/C20H14BrI2N3O2/c21-16-5-3-13(4-6-16)12-28-19-17(22)8-14(9-18(19)23)10-25-26-20(27)15-2-1-7-24-11-15/h1-11H,12H2,(H,26,27)/b25-10+. The van der Waals surface area contributed by atoms with Crippen molar-refractivity contribution >= 4 is 73.2 Å². The summed E-state index contributed by atoms with van der Waals surface area (Å²) in [6, 6.07) is 15.3. The van der Waals surface area contributed by atoms with Gasteiger partial charge in [-0.1, -0.05) is 28.1 Å². The van der Waals surface area contributed by atoms with E-state index < -0.39 is 0 Å². The van der Waals surface area contributed by atoms with Gasteiger partial charge in [0, 0.05) is 16.9 Å². The quantitative estimate of drug-likeness (QED) is 0.219. The predicted octanol–water partition coefficient (Wildman–Crippen LogP) is 5.40. The Balaban J connectivity index is 1.64. The summed E-state index contributed by atoms with van der Waals surface area (Å²) in [6.45, 7) is 0.494. The zero-order chi connectivity index (χ0) is 19.9. The number of ether oxygens (including phenoxy) is 1. The van der Waals surface area contributed by atoms with Crippen LogP contribution in [0.2, 0.25) is 0 Å². The van der Waals surface area contributed by atoms with Gasteiger partial charge in [0.25, 0.3) is 5.91 Å². The van der Waals surface area contributed by atoms with Crippen molar-refractivity contribution in [1.29, 1.82) is 0 Å². The molecule has 8 heteroatoms. The molecule has 3 aromatic rings. The molecular weight excluding hydrogens is 648 g/mol. The number of hydrogen-bond donors (Lipinski definition) is 1. The minimum absolute atomic E-state index is 0.303. The van der Waals surface area contributed by atoms with Crippen LogP contribution in [0.15, 0.2) is 70.5 Å². The van der Waals surface area contributed by atoms with Gasteiger partial charge in [-0.2, -0.15) is 5.10 Å². The molecule has 1 aromatic heterocycles. The van der Waals surface area contributed by atoms with Gasteiger partial charge in [0.2, 0.25) is 0 Å². The van der Waals surface area contributed by atoms with Crippen LogP contribution in [-0.4, -0.2) is 17.1 Å². The van der Waals surface area contributed by atoms with E-state index in [1.165, 1.54) is 6.20 Å². The maximum Gasteiger partial charge on any atom is 0.272 e. The molecule has 0 aliphatic rings. The van der Waals surface area contributed by atoms with Gasteiger partial charge in [-0.3, -0.25) is 9.78 Å². The lowest BCUT2D eigenvalue weighted by molar-refractivity contribution is 0.0955. The topological polar surface area (TPSA) is 63.6 Å². The highest BCUT2D eigenvalue weighted by molar-refractivity contribution is 14.1. The number of carbonyl (C=O) groups excluding carboxylic acids is 1. The van der Waals surface area contributed by atoms with Gasteiger partial charge in [-0.15, -0.1) is 0 Å². The molecule has 0 aliphatic carbocycles. The molecule has 3 rings (SSSR count). The maximum atomic E-state index is 12.0. The average molecular weight is 662 g/mol. The number of amides is 1. The number of benzene rings is 2. The third-order valence-electron chi connectivity index (χ3n) is 3.62. The number of hydrogen-bond acceptors (Lipinski definition) is 4. The first-order valence-corrected chi connectivity index (χ1v) is 11.1. The van der Waals surface area contributed by atoms with E-state index >= 15 is 0 Å². The third kappa shape index (κ3) is 5.98. The van der Waals surface area contributed by atoms with E-state index in [4.69, 9.17) is 4.74 Å². The van der Waals surface area contributed by atoms with Gasteiger partial charge in [-0.05, 0) is 92.7 Å². The maximum absolute atomic E-state index is 12.0. The summed E-state index contributed by atoms with van der Waals surface area (Å²) < 4.78 is 8.99. The zero-order valence-electron chi connectivity index (χ0n) is 14.4. The SMILES string of the molecule is O=C(N/N=C/c1cc(I)c(OCc2ccc(Br)cc2)c(I)c1)c1cccnc1. The minimum atomic E-state index is -0.303. The van der Waals surface area contributed by atoms with Crippen molar-refractivity contribution < 1.29 is 9.53 Å². The summed E-state index contributed by atoms with van der Waals surface area (Å²) in [7, 11) is 0. The van der Waals surface area contributed by atoms with Crippen molar-refractivity contribution in [3.63, 3.8) is 0 Å². The summed E-state index contributed by atoms with van der Waals surface area (Å²) >= 11 is 7.91. The molecule has 0 spiro atoms. The number of rotatable bonds is 6. The van der Waals surface area contributed by atoms with Gasteiger partial charge in [0.1, 0.15) is 12.4 Å². The fraction of sp³-hybridized carbons (Fsp3) is 0.0500. The van der Waals surface area contributed by atoms with Crippen LogP contribution in [0.25, 0.3) is 0 Å². The molecule has 0 saturated heterocycles. The second-order valence-electron chi connectivity index (χ2n) is 5.67. The largest absolute Gasteiger partial charge is 0.487 e. The number of pyridine rings is 1. The number of nitrogens with zero attached hydrogens (tertiary/aromatic N) is 2. The second-order valence-corrected chi connectivity index (χ2v) is 8.91. The number of halogens is 3. The lowest BCUT2D eigenvalue weighted by atomic mass is 10.2. The summed E-state index contributed by atoms with van der Waals surface area (Å²) in [5.74, 6) is 0.531. The second kappa shape index (κ2) is 10.3. The van der Waals surface area contributed by atoms with Gasteiger partial charge in [0.05, 0.1) is 18.9 Å². The summed E-state index contributed by atoms with van der Waals surface area (Å²) in [6.07, 6.45) is 4.72. The fourth-order valence-corrected chi connectivity index (χ4v) is 4.65.